The summed E-state index contributed by atoms with van der Waals surface area (Å²) in [5.41, 5.74) is 0.817. The summed E-state index contributed by atoms with van der Waals surface area (Å²) in [6.45, 7) is 3.76. The third-order valence-electron chi connectivity index (χ3n) is 5.11. The predicted molar refractivity (Wildman–Crippen MR) is 107 cm³/mol. The van der Waals surface area contributed by atoms with Crippen LogP contribution in [-0.4, -0.2) is 33.1 Å². The van der Waals surface area contributed by atoms with Gasteiger partial charge in [0.2, 0.25) is 0 Å². The van der Waals surface area contributed by atoms with Gasteiger partial charge in [0.25, 0.3) is 11.8 Å². The van der Waals surface area contributed by atoms with Gasteiger partial charge in [0, 0.05) is 24.1 Å². The molecule has 3 aromatic rings. The standard InChI is InChI=1S/C21H18F3N5O2/c1-12-11-28(15-7-5-14(6-8-15)21(22,23)24)20(31)18-17(10-26-29(12)18)27-19(30)16-4-3-9-25-13(16)2/h3-10,12H,11H2,1-2H3,(H,27,30)/t12-/m0/s1. The molecule has 0 saturated heterocycles. The first-order valence-electron chi connectivity index (χ1n) is 9.46. The first-order chi connectivity index (χ1) is 14.7. The van der Waals surface area contributed by atoms with Crippen LogP contribution in [0.15, 0.2) is 48.8 Å². The van der Waals surface area contributed by atoms with Gasteiger partial charge >= 0.3 is 6.18 Å². The Morgan fingerprint density at radius 3 is 2.55 bits per heavy atom. The van der Waals surface area contributed by atoms with Crippen molar-refractivity contribution in [2.24, 2.45) is 0 Å². The molecule has 4 rings (SSSR count). The van der Waals surface area contributed by atoms with Gasteiger partial charge in [0.05, 0.1) is 29.1 Å². The Bertz CT molecular complexity index is 1150. The van der Waals surface area contributed by atoms with Crippen molar-refractivity contribution in [1.29, 1.82) is 0 Å². The minimum atomic E-state index is -4.46. The van der Waals surface area contributed by atoms with Gasteiger partial charge in [-0.05, 0) is 50.2 Å². The molecule has 0 bridgehead atoms. The summed E-state index contributed by atoms with van der Waals surface area (Å²) in [4.78, 5) is 31.3. The number of aromatic nitrogens is 3. The molecule has 3 heterocycles. The van der Waals surface area contributed by atoms with E-state index >= 15 is 0 Å². The number of nitrogens with one attached hydrogen (secondary N) is 1. The molecule has 0 unspecified atom stereocenters. The number of anilines is 2. The van der Waals surface area contributed by atoms with Crippen LogP contribution >= 0.6 is 0 Å². The summed E-state index contributed by atoms with van der Waals surface area (Å²) in [5, 5.41) is 6.92. The van der Waals surface area contributed by atoms with Crippen LogP contribution in [0.2, 0.25) is 0 Å². The molecule has 0 radical (unpaired) electrons. The van der Waals surface area contributed by atoms with E-state index in [-0.39, 0.29) is 24.0 Å². The van der Waals surface area contributed by atoms with Crippen LogP contribution in [0.5, 0.6) is 0 Å². The predicted octanol–water partition coefficient (Wildman–Crippen LogP) is 4.08. The van der Waals surface area contributed by atoms with E-state index in [2.05, 4.69) is 15.4 Å². The van der Waals surface area contributed by atoms with Crippen molar-refractivity contribution >= 4 is 23.2 Å². The highest BCUT2D eigenvalue weighted by molar-refractivity contribution is 6.13. The number of carbonyl (C=O) groups is 2. The van der Waals surface area contributed by atoms with Crippen LogP contribution in [0.4, 0.5) is 24.5 Å². The summed E-state index contributed by atoms with van der Waals surface area (Å²) in [5.74, 6) is -0.901. The number of nitrogens with zero attached hydrogens (tertiary/aromatic N) is 4. The number of carbonyl (C=O) groups excluding carboxylic acids is 2. The number of hydrogen-bond acceptors (Lipinski definition) is 4. The Hall–Kier alpha value is -3.69. The van der Waals surface area contributed by atoms with Crippen molar-refractivity contribution in [3.63, 3.8) is 0 Å². The topological polar surface area (TPSA) is 80.1 Å². The quantitative estimate of drug-likeness (QED) is 0.681. The zero-order valence-corrected chi connectivity index (χ0v) is 16.6. The number of pyridine rings is 1. The second kappa shape index (κ2) is 7.53. The molecule has 0 saturated carbocycles. The van der Waals surface area contributed by atoms with E-state index in [1.54, 1.807) is 25.3 Å². The van der Waals surface area contributed by atoms with Gasteiger partial charge in [-0.1, -0.05) is 0 Å². The second-order valence-electron chi connectivity index (χ2n) is 7.25. The first kappa shape index (κ1) is 20.6. The second-order valence-corrected chi connectivity index (χ2v) is 7.25. The number of aryl methyl sites for hydroxylation is 1. The molecular formula is C21H18F3N5O2. The molecule has 1 aliphatic heterocycles. The van der Waals surface area contributed by atoms with Crippen LogP contribution in [-0.2, 0) is 6.18 Å². The van der Waals surface area contributed by atoms with Crippen molar-refractivity contribution in [2.75, 3.05) is 16.8 Å². The lowest BCUT2D eigenvalue weighted by Gasteiger charge is -2.32. The summed E-state index contributed by atoms with van der Waals surface area (Å²) < 4.78 is 40.1. The minimum absolute atomic E-state index is 0.161. The maximum absolute atomic E-state index is 13.2. The van der Waals surface area contributed by atoms with E-state index in [1.165, 1.54) is 27.9 Å². The lowest BCUT2D eigenvalue weighted by Crippen LogP contribution is -2.43. The van der Waals surface area contributed by atoms with Gasteiger partial charge in [-0.3, -0.25) is 19.3 Å². The maximum atomic E-state index is 13.2. The van der Waals surface area contributed by atoms with Crippen LogP contribution in [0.1, 0.15) is 45.1 Å². The Morgan fingerprint density at radius 2 is 1.90 bits per heavy atom. The maximum Gasteiger partial charge on any atom is 0.416 e. The third-order valence-corrected chi connectivity index (χ3v) is 5.11. The van der Waals surface area contributed by atoms with Crippen molar-refractivity contribution in [1.82, 2.24) is 14.8 Å². The summed E-state index contributed by atoms with van der Waals surface area (Å²) in [6.07, 6.45) is -1.50. The average molecular weight is 429 g/mol. The number of alkyl halides is 3. The number of amides is 2. The lowest BCUT2D eigenvalue weighted by molar-refractivity contribution is -0.137. The van der Waals surface area contributed by atoms with Crippen molar-refractivity contribution in [2.45, 2.75) is 26.1 Å². The van der Waals surface area contributed by atoms with E-state index in [1.807, 2.05) is 6.92 Å². The molecule has 0 spiro atoms. The summed E-state index contributed by atoms with van der Waals surface area (Å²) >= 11 is 0. The van der Waals surface area contributed by atoms with Crippen molar-refractivity contribution in [3.8, 4) is 0 Å². The molecule has 1 aliphatic rings. The van der Waals surface area contributed by atoms with Gasteiger partial charge in [-0.2, -0.15) is 18.3 Å². The monoisotopic (exact) mass is 429 g/mol. The number of rotatable bonds is 3. The molecule has 31 heavy (non-hydrogen) atoms. The fourth-order valence-corrected chi connectivity index (χ4v) is 3.52. The largest absolute Gasteiger partial charge is 0.416 e. The van der Waals surface area contributed by atoms with Gasteiger partial charge in [-0.25, -0.2) is 0 Å². The molecule has 1 N–H and O–H groups in total. The molecule has 1 aromatic carbocycles. The van der Waals surface area contributed by atoms with Crippen molar-refractivity contribution < 1.29 is 22.8 Å². The van der Waals surface area contributed by atoms with E-state index in [4.69, 9.17) is 0 Å². The van der Waals surface area contributed by atoms with Crippen LogP contribution < -0.4 is 10.2 Å². The van der Waals surface area contributed by atoms with Gasteiger partial charge in [0.15, 0.2) is 5.69 Å². The van der Waals surface area contributed by atoms with Crippen molar-refractivity contribution in [3.05, 3.63) is 71.3 Å². The number of hydrogen-bond donors (Lipinski definition) is 1. The Labute approximate surface area is 175 Å². The molecule has 7 nitrogen and oxygen atoms in total. The highest BCUT2D eigenvalue weighted by Gasteiger charge is 2.35. The SMILES string of the molecule is Cc1ncccc1C(=O)Nc1cnn2c1C(=O)N(c1ccc(C(F)(F)F)cc1)C[C@@H]2C. The number of fused-ring (bicyclic) bond motifs is 1. The van der Waals surface area contributed by atoms with Crippen LogP contribution in [0.3, 0.4) is 0 Å². The number of halogens is 3. The van der Waals surface area contributed by atoms with Crippen LogP contribution in [0, 0.1) is 6.92 Å². The lowest BCUT2D eigenvalue weighted by atomic mass is 10.1. The summed E-state index contributed by atoms with van der Waals surface area (Å²) in [6, 6.07) is 7.40. The minimum Gasteiger partial charge on any atom is -0.319 e. The van der Waals surface area contributed by atoms with E-state index < -0.39 is 23.6 Å². The smallest absolute Gasteiger partial charge is 0.319 e. The zero-order valence-electron chi connectivity index (χ0n) is 16.6. The normalized spacial score (nSPS) is 16.2. The van der Waals surface area contributed by atoms with Gasteiger partial charge in [-0.15, -0.1) is 0 Å². The third kappa shape index (κ3) is 3.76. The summed E-state index contributed by atoms with van der Waals surface area (Å²) in [7, 11) is 0. The fraction of sp³-hybridized carbons (Fsp3) is 0.238. The Balaban J connectivity index is 1.64. The fourth-order valence-electron chi connectivity index (χ4n) is 3.52. The Kier molecular flexibility index (Phi) is 5.00. The highest BCUT2D eigenvalue weighted by atomic mass is 19.4. The Morgan fingerprint density at radius 1 is 1.19 bits per heavy atom. The molecule has 1 atom stereocenters. The molecule has 160 valence electrons. The zero-order chi connectivity index (χ0) is 22.3. The molecule has 0 aliphatic carbocycles. The van der Waals surface area contributed by atoms with E-state index in [9.17, 15) is 22.8 Å². The van der Waals surface area contributed by atoms with E-state index in [0.717, 1.165) is 12.1 Å². The van der Waals surface area contributed by atoms with Gasteiger partial charge in [0.1, 0.15) is 0 Å². The molecule has 2 aromatic heterocycles. The van der Waals surface area contributed by atoms with Crippen LogP contribution in [0.25, 0.3) is 0 Å². The number of benzene rings is 1. The average Bonchev–Trinajstić information content (AvgIpc) is 3.15. The molecule has 10 heteroatoms. The van der Waals surface area contributed by atoms with Gasteiger partial charge < -0.3 is 10.2 Å². The highest BCUT2D eigenvalue weighted by Crippen LogP contribution is 2.33. The first-order valence-corrected chi connectivity index (χ1v) is 9.46. The molecule has 2 amide bonds. The van der Waals surface area contributed by atoms with E-state index in [0.29, 0.717) is 16.9 Å². The molecule has 0 fully saturated rings. The molecular weight excluding hydrogens is 411 g/mol.